The topological polar surface area (TPSA) is 54.0 Å². The number of carbonyl (C=O) groups is 1. The molecule has 21 heavy (non-hydrogen) atoms. The van der Waals surface area contributed by atoms with E-state index in [0.717, 1.165) is 22.6 Å². The van der Waals surface area contributed by atoms with Crippen LogP contribution >= 0.6 is 11.6 Å². The second-order valence-electron chi connectivity index (χ2n) is 4.69. The van der Waals surface area contributed by atoms with Crippen LogP contribution in [0.5, 0.6) is 0 Å². The molecule has 2 rings (SSSR count). The van der Waals surface area contributed by atoms with Gasteiger partial charge in [0.1, 0.15) is 0 Å². The molecule has 0 unspecified atom stereocenters. The van der Waals surface area contributed by atoms with E-state index in [9.17, 15) is 4.79 Å². The van der Waals surface area contributed by atoms with Crippen LogP contribution in [0.3, 0.4) is 0 Å². The van der Waals surface area contributed by atoms with E-state index in [0.29, 0.717) is 19.6 Å². The lowest BCUT2D eigenvalue weighted by atomic mass is 10.1. The maximum absolute atomic E-state index is 11.7. The van der Waals surface area contributed by atoms with Crippen molar-refractivity contribution in [3.63, 3.8) is 0 Å². The van der Waals surface area contributed by atoms with E-state index in [-0.39, 0.29) is 5.91 Å². The molecular weight excluding hydrogens is 286 g/mol. The summed E-state index contributed by atoms with van der Waals surface area (Å²) in [5, 5.41) is 6.70. The number of nitrogens with zero attached hydrogens (tertiary/aromatic N) is 1. The van der Waals surface area contributed by atoms with Gasteiger partial charge in [-0.05, 0) is 41.8 Å². The Kier molecular flexibility index (Phi) is 6.19. The van der Waals surface area contributed by atoms with E-state index < -0.39 is 0 Å². The molecule has 5 heteroatoms. The van der Waals surface area contributed by atoms with Gasteiger partial charge < -0.3 is 10.6 Å². The molecule has 0 aliphatic carbocycles. The normalized spacial score (nSPS) is 10.3. The number of hydrogen-bond donors (Lipinski definition) is 2. The minimum Gasteiger partial charge on any atom is -0.355 e. The van der Waals surface area contributed by atoms with Crippen molar-refractivity contribution in [3.8, 4) is 0 Å². The van der Waals surface area contributed by atoms with Gasteiger partial charge in [-0.3, -0.25) is 9.78 Å². The molecule has 0 aliphatic rings. The fourth-order valence-electron chi connectivity index (χ4n) is 1.92. The van der Waals surface area contributed by atoms with Gasteiger partial charge in [-0.15, -0.1) is 0 Å². The zero-order chi connectivity index (χ0) is 14.9. The molecular formula is C16H18ClN3O. The van der Waals surface area contributed by atoms with Gasteiger partial charge >= 0.3 is 0 Å². The first-order valence-electron chi connectivity index (χ1n) is 6.85. The highest BCUT2D eigenvalue weighted by atomic mass is 35.5. The van der Waals surface area contributed by atoms with Crippen LogP contribution in [0.15, 0.2) is 48.8 Å². The molecule has 4 nitrogen and oxygen atoms in total. The van der Waals surface area contributed by atoms with Crippen LogP contribution in [0.1, 0.15) is 11.1 Å². The monoisotopic (exact) mass is 303 g/mol. The summed E-state index contributed by atoms with van der Waals surface area (Å²) in [5.41, 5.74) is 2.23. The first-order valence-corrected chi connectivity index (χ1v) is 7.22. The minimum absolute atomic E-state index is 0.00826. The molecule has 0 saturated heterocycles. The standard InChI is InChI=1S/C16H18ClN3O/c17-15-3-1-2-13(10-15)6-9-20-16(21)12-19-11-14-4-7-18-8-5-14/h1-5,7-8,10,19H,6,9,11-12H2,(H,20,21). The number of nitrogens with one attached hydrogen (secondary N) is 2. The largest absolute Gasteiger partial charge is 0.355 e. The number of pyridine rings is 1. The summed E-state index contributed by atoms with van der Waals surface area (Å²) in [6, 6.07) is 11.5. The summed E-state index contributed by atoms with van der Waals surface area (Å²) in [4.78, 5) is 15.6. The summed E-state index contributed by atoms with van der Waals surface area (Å²) >= 11 is 5.91. The highest BCUT2D eigenvalue weighted by molar-refractivity contribution is 6.30. The van der Waals surface area contributed by atoms with Gasteiger partial charge in [-0.25, -0.2) is 0 Å². The van der Waals surface area contributed by atoms with Gasteiger partial charge in [0.25, 0.3) is 0 Å². The van der Waals surface area contributed by atoms with Crippen molar-refractivity contribution in [3.05, 3.63) is 64.9 Å². The van der Waals surface area contributed by atoms with Gasteiger partial charge in [0, 0.05) is 30.5 Å². The quantitative estimate of drug-likeness (QED) is 0.824. The zero-order valence-corrected chi connectivity index (χ0v) is 12.4. The van der Waals surface area contributed by atoms with Crippen LogP contribution in [-0.4, -0.2) is 24.0 Å². The van der Waals surface area contributed by atoms with E-state index in [2.05, 4.69) is 15.6 Å². The van der Waals surface area contributed by atoms with Crippen molar-refractivity contribution in [1.29, 1.82) is 0 Å². The van der Waals surface area contributed by atoms with Gasteiger partial charge in [0.15, 0.2) is 0 Å². The van der Waals surface area contributed by atoms with Crippen LogP contribution in [0, 0.1) is 0 Å². The SMILES string of the molecule is O=C(CNCc1ccncc1)NCCc1cccc(Cl)c1. The summed E-state index contributed by atoms with van der Waals surface area (Å²) in [7, 11) is 0. The van der Waals surface area contributed by atoms with Crippen molar-refractivity contribution in [1.82, 2.24) is 15.6 Å². The molecule has 1 aromatic heterocycles. The molecule has 0 aliphatic heterocycles. The summed E-state index contributed by atoms with van der Waals surface area (Å²) in [6.07, 6.45) is 4.25. The number of carbonyl (C=O) groups excluding carboxylic acids is 1. The number of benzene rings is 1. The summed E-state index contributed by atoms with van der Waals surface area (Å²) < 4.78 is 0. The number of rotatable bonds is 7. The minimum atomic E-state index is -0.00826. The Labute approximate surface area is 129 Å². The second kappa shape index (κ2) is 8.39. The molecule has 0 fully saturated rings. The first-order chi connectivity index (χ1) is 10.2. The maximum atomic E-state index is 11.7. The molecule has 0 radical (unpaired) electrons. The van der Waals surface area contributed by atoms with Crippen molar-refractivity contribution < 1.29 is 4.79 Å². The molecule has 0 saturated carbocycles. The Balaban J connectivity index is 1.61. The average molecular weight is 304 g/mol. The van der Waals surface area contributed by atoms with E-state index in [1.807, 2.05) is 36.4 Å². The van der Waals surface area contributed by atoms with E-state index in [4.69, 9.17) is 11.6 Å². The number of amides is 1. The van der Waals surface area contributed by atoms with Gasteiger partial charge in [0.05, 0.1) is 6.54 Å². The van der Waals surface area contributed by atoms with Gasteiger partial charge in [-0.2, -0.15) is 0 Å². The van der Waals surface area contributed by atoms with Crippen LogP contribution in [0.25, 0.3) is 0 Å². The molecule has 2 N–H and O–H groups in total. The van der Waals surface area contributed by atoms with E-state index in [1.165, 1.54) is 0 Å². The number of halogens is 1. The van der Waals surface area contributed by atoms with E-state index >= 15 is 0 Å². The fraction of sp³-hybridized carbons (Fsp3) is 0.250. The highest BCUT2D eigenvalue weighted by Crippen LogP contribution is 2.10. The lowest BCUT2D eigenvalue weighted by Crippen LogP contribution is -2.34. The maximum Gasteiger partial charge on any atom is 0.233 e. The Morgan fingerprint density at radius 3 is 2.71 bits per heavy atom. The Hall–Kier alpha value is -1.91. The third-order valence-corrected chi connectivity index (χ3v) is 3.22. The second-order valence-corrected chi connectivity index (χ2v) is 5.13. The Bertz CT molecular complexity index is 575. The lowest BCUT2D eigenvalue weighted by molar-refractivity contribution is -0.120. The number of aromatic nitrogens is 1. The number of hydrogen-bond acceptors (Lipinski definition) is 3. The summed E-state index contributed by atoms with van der Waals surface area (Å²) in [6.45, 7) is 1.57. The van der Waals surface area contributed by atoms with Crippen LogP contribution in [-0.2, 0) is 17.8 Å². The third kappa shape index (κ3) is 5.94. The van der Waals surface area contributed by atoms with E-state index in [1.54, 1.807) is 12.4 Å². The van der Waals surface area contributed by atoms with Crippen LogP contribution < -0.4 is 10.6 Å². The highest BCUT2D eigenvalue weighted by Gasteiger charge is 2.01. The van der Waals surface area contributed by atoms with Crippen molar-refractivity contribution in [2.45, 2.75) is 13.0 Å². The molecule has 1 heterocycles. The Morgan fingerprint density at radius 2 is 1.95 bits per heavy atom. The molecule has 110 valence electrons. The predicted octanol–water partition coefficient (Wildman–Crippen LogP) is 2.18. The summed E-state index contributed by atoms with van der Waals surface area (Å²) in [5.74, 6) is -0.00826. The lowest BCUT2D eigenvalue weighted by Gasteiger charge is -2.07. The molecule has 0 bridgehead atoms. The van der Waals surface area contributed by atoms with Crippen LogP contribution in [0.4, 0.5) is 0 Å². The molecule has 1 amide bonds. The fourth-order valence-corrected chi connectivity index (χ4v) is 2.14. The van der Waals surface area contributed by atoms with Crippen molar-refractivity contribution in [2.75, 3.05) is 13.1 Å². The van der Waals surface area contributed by atoms with Crippen molar-refractivity contribution >= 4 is 17.5 Å². The van der Waals surface area contributed by atoms with Gasteiger partial charge in [-0.1, -0.05) is 23.7 Å². The predicted molar refractivity (Wildman–Crippen MR) is 84.1 cm³/mol. The van der Waals surface area contributed by atoms with Crippen LogP contribution in [0.2, 0.25) is 5.02 Å². The molecule has 1 aromatic carbocycles. The molecule has 0 atom stereocenters. The van der Waals surface area contributed by atoms with Gasteiger partial charge in [0.2, 0.25) is 5.91 Å². The van der Waals surface area contributed by atoms with Crippen molar-refractivity contribution in [2.24, 2.45) is 0 Å². The third-order valence-electron chi connectivity index (χ3n) is 2.99. The average Bonchev–Trinajstić information content (AvgIpc) is 2.48. The smallest absolute Gasteiger partial charge is 0.233 e. The molecule has 0 spiro atoms. The zero-order valence-electron chi connectivity index (χ0n) is 11.7. The molecule has 2 aromatic rings. The Morgan fingerprint density at radius 1 is 1.14 bits per heavy atom. The first kappa shape index (κ1) is 15.5.